The fourth-order valence-corrected chi connectivity index (χ4v) is 3.44. The van der Waals surface area contributed by atoms with E-state index in [0.717, 1.165) is 39.3 Å². The average Bonchev–Trinajstić information content (AvgIpc) is 3.08. The zero-order valence-electron chi connectivity index (χ0n) is 16.2. The fourth-order valence-electron chi connectivity index (χ4n) is 3.44. The van der Waals surface area contributed by atoms with E-state index < -0.39 is 5.97 Å². The molecule has 0 aliphatic rings. The van der Waals surface area contributed by atoms with Crippen LogP contribution >= 0.6 is 0 Å². The first-order chi connectivity index (χ1) is 14.1. The Morgan fingerprint density at radius 3 is 2.41 bits per heavy atom. The lowest BCUT2D eigenvalue weighted by atomic mass is 10.00. The van der Waals surface area contributed by atoms with Gasteiger partial charge in [-0.15, -0.1) is 0 Å². The second-order valence-electron chi connectivity index (χ2n) is 6.82. The van der Waals surface area contributed by atoms with Crippen LogP contribution in [0.15, 0.2) is 77.2 Å². The van der Waals surface area contributed by atoms with Gasteiger partial charge < -0.3 is 19.6 Å². The molecule has 146 valence electrons. The molecule has 29 heavy (non-hydrogen) atoms. The minimum Gasteiger partial charge on any atom is -0.497 e. The van der Waals surface area contributed by atoms with E-state index in [-0.39, 0.29) is 11.6 Å². The van der Waals surface area contributed by atoms with Crippen molar-refractivity contribution in [3.63, 3.8) is 0 Å². The summed E-state index contributed by atoms with van der Waals surface area (Å²) in [6.45, 7) is 2.03. The molecule has 4 aromatic rings. The van der Waals surface area contributed by atoms with Crippen molar-refractivity contribution in [2.75, 3.05) is 12.4 Å². The summed E-state index contributed by atoms with van der Waals surface area (Å²) in [6, 6.07) is 22.3. The van der Waals surface area contributed by atoms with Gasteiger partial charge in [0.25, 0.3) is 0 Å². The summed E-state index contributed by atoms with van der Waals surface area (Å²) >= 11 is 0. The number of hydrogen-bond acceptors (Lipinski definition) is 4. The number of ether oxygens (including phenoxy) is 1. The molecule has 0 aliphatic carbocycles. The number of nitrogens with one attached hydrogen (secondary N) is 1. The van der Waals surface area contributed by atoms with Crippen molar-refractivity contribution in [1.29, 1.82) is 0 Å². The van der Waals surface area contributed by atoms with E-state index in [0.29, 0.717) is 0 Å². The van der Waals surface area contributed by atoms with Crippen molar-refractivity contribution in [2.24, 2.45) is 0 Å². The van der Waals surface area contributed by atoms with Crippen LogP contribution in [0.3, 0.4) is 0 Å². The Balaban J connectivity index is 1.78. The predicted octanol–water partition coefficient (Wildman–Crippen LogP) is 5.65. The smallest absolute Gasteiger partial charge is 0.335 e. The maximum Gasteiger partial charge on any atom is 0.335 e. The number of fused-ring (bicyclic) bond motifs is 1. The number of furan rings is 1. The number of carboxylic acids is 1. The maximum atomic E-state index is 11.1. The fraction of sp³-hybridized carbons (Fsp3) is 0.125. The van der Waals surface area contributed by atoms with Gasteiger partial charge in [0.15, 0.2) is 0 Å². The Morgan fingerprint density at radius 1 is 1.03 bits per heavy atom. The molecule has 0 aliphatic heterocycles. The molecule has 4 rings (SSSR count). The number of benzene rings is 3. The first-order valence-electron chi connectivity index (χ1n) is 9.28. The van der Waals surface area contributed by atoms with E-state index in [9.17, 15) is 4.79 Å². The molecule has 0 spiro atoms. The average molecular weight is 387 g/mol. The van der Waals surface area contributed by atoms with Crippen LogP contribution in [0, 0.1) is 6.92 Å². The van der Waals surface area contributed by atoms with Crippen LogP contribution in [0.5, 0.6) is 5.75 Å². The number of aromatic carboxylic acids is 1. The summed E-state index contributed by atoms with van der Waals surface area (Å²) < 4.78 is 11.6. The van der Waals surface area contributed by atoms with Crippen molar-refractivity contribution in [2.45, 2.75) is 13.0 Å². The Kier molecular flexibility index (Phi) is 4.96. The summed E-state index contributed by atoms with van der Waals surface area (Å²) in [6.07, 6.45) is 0. The van der Waals surface area contributed by atoms with Crippen LogP contribution < -0.4 is 10.1 Å². The van der Waals surface area contributed by atoms with Gasteiger partial charge in [-0.25, -0.2) is 4.79 Å². The molecule has 0 amide bonds. The third kappa shape index (κ3) is 3.67. The first-order valence-corrected chi connectivity index (χ1v) is 9.28. The summed E-state index contributed by atoms with van der Waals surface area (Å²) in [5.74, 6) is 0.640. The third-order valence-electron chi connectivity index (χ3n) is 5.02. The Morgan fingerprint density at radius 2 is 1.76 bits per heavy atom. The molecule has 0 radical (unpaired) electrons. The summed E-state index contributed by atoms with van der Waals surface area (Å²) in [5, 5.41) is 13.6. The van der Waals surface area contributed by atoms with Gasteiger partial charge in [0, 0.05) is 16.6 Å². The van der Waals surface area contributed by atoms with Gasteiger partial charge in [-0.2, -0.15) is 0 Å². The lowest BCUT2D eigenvalue weighted by Gasteiger charge is -2.19. The zero-order chi connectivity index (χ0) is 20.4. The highest BCUT2D eigenvalue weighted by atomic mass is 16.5. The molecule has 1 unspecified atom stereocenters. The molecule has 1 heterocycles. The number of hydrogen-bond donors (Lipinski definition) is 2. The monoisotopic (exact) mass is 387 g/mol. The molecule has 0 fully saturated rings. The highest BCUT2D eigenvalue weighted by Gasteiger charge is 2.22. The molecule has 1 atom stereocenters. The number of carboxylic acid groups (broad SMARTS) is 1. The number of rotatable bonds is 6. The van der Waals surface area contributed by atoms with Gasteiger partial charge >= 0.3 is 5.97 Å². The number of aryl methyl sites for hydroxylation is 1. The molecule has 0 bridgehead atoms. The van der Waals surface area contributed by atoms with Crippen LogP contribution in [0.25, 0.3) is 11.0 Å². The molecule has 5 heteroatoms. The molecule has 2 N–H and O–H groups in total. The first kappa shape index (κ1) is 18.6. The largest absolute Gasteiger partial charge is 0.497 e. The quantitative estimate of drug-likeness (QED) is 0.447. The van der Waals surface area contributed by atoms with Gasteiger partial charge in [0.1, 0.15) is 23.1 Å². The minimum atomic E-state index is -0.946. The van der Waals surface area contributed by atoms with E-state index >= 15 is 0 Å². The van der Waals surface area contributed by atoms with E-state index in [1.165, 1.54) is 0 Å². The van der Waals surface area contributed by atoms with E-state index in [1.807, 2.05) is 55.5 Å². The summed E-state index contributed by atoms with van der Waals surface area (Å²) in [4.78, 5) is 11.1. The molecule has 3 aromatic carbocycles. The topological polar surface area (TPSA) is 71.7 Å². The maximum absolute atomic E-state index is 11.1. The van der Waals surface area contributed by atoms with Gasteiger partial charge in [-0.05, 0) is 55.0 Å². The molecule has 0 saturated heterocycles. The molecular formula is C24H21NO4. The standard InChI is InChI=1S/C24H21NO4/c1-15-20-14-19(28-2)12-13-21(20)29-23(15)22(16-6-4-3-5-7-16)25-18-10-8-17(9-11-18)24(26)27/h3-14,22,25H,1-2H3,(H,26,27). The normalized spacial score (nSPS) is 11.9. The van der Waals surface area contributed by atoms with Crippen molar-refractivity contribution in [3.8, 4) is 5.75 Å². The number of methoxy groups -OCH3 is 1. The van der Waals surface area contributed by atoms with E-state index in [1.54, 1.807) is 31.4 Å². The van der Waals surface area contributed by atoms with Crippen molar-refractivity contribution >= 4 is 22.6 Å². The molecular weight excluding hydrogens is 366 g/mol. The zero-order valence-corrected chi connectivity index (χ0v) is 16.2. The number of carbonyl (C=O) groups is 1. The van der Waals surface area contributed by atoms with E-state index in [4.69, 9.17) is 14.3 Å². The lowest BCUT2D eigenvalue weighted by Crippen LogP contribution is -2.12. The highest BCUT2D eigenvalue weighted by molar-refractivity contribution is 5.88. The van der Waals surface area contributed by atoms with E-state index in [2.05, 4.69) is 5.32 Å². The summed E-state index contributed by atoms with van der Waals surface area (Å²) in [7, 11) is 1.65. The molecule has 5 nitrogen and oxygen atoms in total. The lowest BCUT2D eigenvalue weighted by molar-refractivity contribution is 0.0697. The summed E-state index contributed by atoms with van der Waals surface area (Å²) in [5.41, 5.74) is 3.92. The Bertz CT molecular complexity index is 1150. The van der Waals surface area contributed by atoms with Crippen LogP contribution in [0.1, 0.15) is 33.3 Å². The second-order valence-corrected chi connectivity index (χ2v) is 6.82. The Labute approximate surface area is 168 Å². The van der Waals surface area contributed by atoms with Crippen LogP contribution in [-0.4, -0.2) is 18.2 Å². The Hall–Kier alpha value is -3.73. The van der Waals surface area contributed by atoms with Crippen LogP contribution in [0.2, 0.25) is 0 Å². The SMILES string of the molecule is COc1ccc2oc(C(Nc3ccc(C(=O)O)cc3)c3ccccc3)c(C)c2c1. The predicted molar refractivity (Wildman–Crippen MR) is 113 cm³/mol. The number of anilines is 1. The van der Waals surface area contributed by atoms with Crippen molar-refractivity contribution in [1.82, 2.24) is 0 Å². The molecule has 0 saturated carbocycles. The van der Waals surface area contributed by atoms with Crippen LogP contribution in [-0.2, 0) is 0 Å². The third-order valence-corrected chi connectivity index (χ3v) is 5.02. The van der Waals surface area contributed by atoms with Gasteiger partial charge in [0.05, 0.1) is 12.7 Å². The van der Waals surface area contributed by atoms with Gasteiger partial charge in [-0.1, -0.05) is 30.3 Å². The second kappa shape index (κ2) is 7.72. The van der Waals surface area contributed by atoms with Gasteiger partial charge in [0.2, 0.25) is 0 Å². The highest BCUT2D eigenvalue weighted by Crippen LogP contribution is 2.36. The van der Waals surface area contributed by atoms with Crippen molar-refractivity contribution < 1.29 is 19.1 Å². The van der Waals surface area contributed by atoms with Crippen molar-refractivity contribution in [3.05, 3.63) is 95.2 Å². The van der Waals surface area contributed by atoms with Gasteiger partial charge in [-0.3, -0.25) is 0 Å². The minimum absolute atomic E-state index is 0.231. The van der Waals surface area contributed by atoms with Crippen LogP contribution in [0.4, 0.5) is 5.69 Å². The molecule has 1 aromatic heterocycles.